The molecule has 1 atom stereocenters. The van der Waals surface area contributed by atoms with Crippen LogP contribution in [-0.2, 0) is 9.53 Å². The maximum absolute atomic E-state index is 12.0. The molecule has 2 heteroatoms. The molecule has 0 N–H and O–H groups in total. The molecule has 0 spiro atoms. The Labute approximate surface area is 277 Å². The van der Waals surface area contributed by atoms with Crippen LogP contribution in [0.3, 0.4) is 0 Å². The van der Waals surface area contributed by atoms with E-state index in [-0.39, 0.29) is 11.9 Å². The minimum absolute atomic E-state index is 0.0226. The van der Waals surface area contributed by atoms with Gasteiger partial charge in [-0.05, 0) is 25.3 Å². The number of unbranched alkanes of at least 4 members (excludes halogenated alkanes) is 33. The van der Waals surface area contributed by atoms with Crippen LogP contribution in [0.2, 0.25) is 0 Å². The van der Waals surface area contributed by atoms with Gasteiger partial charge in [-0.15, -0.1) is 0 Å². The summed E-state index contributed by atoms with van der Waals surface area (Å²) in [5.41, 5.74) is 0. The molecule has 0 amide bonds. The molecule has 0 aromatic rings. The van der Waals surface area contributed by atoms with E-state index in [4.69, 9.17) is 4.74 Å². The molecule has 1 rings (SSSR count). The van der Waals surface area contributed by atoms with E-state index in [2.05, 4.69) is 19.9 Å². The molecule has 0 aromatic heterocycles. The molecule has 0 bridgehead atoms. The summed E-state index contributed by atoms with van der Waals surface area (Å²) >= 11 is 0. The smallest absolute Gasteiger partial charge is 0.321 e. The second-order valence-corrected chi connectivity index (χ2v) is 14.5. The Morgan fingerprint density at radius 3 is 0.977 bits per heavy atom. The highest BCUT2D eigenvalue weighted by Gasteiger charge is 2.36. The minimum atomic E-state index is 0.0226. The first-order valence-electron chi connectivity index (χ1n) is 20.7. The average Bonchev–Trinajstić information content (AvgIpc) is 3.03. The molecule has 0 saturated carbocycles. The van der Waals surface area contributed by atoms with Crippen LogP contribution < -0.4 is 0 Å². The van der Waals surface area contributed by atoms with Gasteiger partial charge in [0, 0.05) is 0 Å². The summed E-state index contributed by atoms with van der Waals surface area (Å²) in [6, 6.07) is 0. The van der Waals surface area contributed by atoms with E-state index in [0.717, 1.165) is 18.6 Å². The Hall–Kier alpha value is -0.790. The van der Waals surface area contributed by atoms with Crippen LogP contribution in [0.5, 0.6) is 0 Å². The third kappa shape index (κ3) is 26.4. The number of ether oxygens (including phenoxy) is 1. The van der Waals surface area contributed by atoms with E-state index in [1.807, 2.05) is 0 Å². The summed E-state index contributed by atoms with van der Waals surface area (Å²) in [5, 5.41) is 0. The number of carbonyl (C=O) groups excluding carboxylic acids is 1. The maximum atomic E-state index is 12.0. The first-order valence-corrected chi connectivity index (χ1v) is 20.7. The van der Waals surface area contributed by atoms with Crippen LogP contribution in [0.1, 0.15) is 245 Å². The standard InChI is InChI=1S/C42H80O2/c1-3-5-7-9-11-13-15-17-19-20-21-22-23-24-25-27-29-31-33-35-37-39-41-40(42(43)44-41)38-36-34-32-30-28-26-18-16-14-12-10-8-6-4-2/h39-40H,3-38H2,1-2H3. The van der Waals surface area contributed by atoms with Crippen molar-refractivity contribution in [1.29, 1.82) is 0 Å². The second-order valence-electron chi connectivity index (χ2n) is 14.5. The van der Waals surface area contributed by atoms with Gasteiger partial charge in [-0.2, -0.15) is 0 Å². The van der Waals surface area contributed by atoms with Crippen molar-refractivity contribution in [3.05, 3.63) is 11.8 Å². The van der Waals surface area contributed by atoms with Gasteiger partial charge in [0.25, 0.3) is 0 Å². The van der Waals surface area contributed by atoms with Crippen molar-refractivity contribution in [3.63, 3.8) is 0 Å². The maximum Gasteiger partial charge on any atom is 0.321 e. The van der Waals surface area contributed by atoms with Gasteiger partial charge in [-0.1, -0.05) is 226 Å². The Kier molecular flexibility index (Phi) is 31.5. The molecule has 1 aliphatic heterocycles. The van der Waals surface area contributed by atoms with Crippen LogP contribution in [0.25, 0.3) is 0 Å². The van der Waals surface area contributed by atoms with E-state index in [1.165, 1.54) is 218 Å². The van der Waals surface area contributed by atoms with Crippen molar-refractivity contribution in [3.8, 4) is 0 Å². The topological polar surface area (TPSA) is 26.3 Å². The van der Waals surface area contributed by atoms with E-state index in [9.17, 15) is 4.79 Å². The molecule has 0 aliphatic carbocycles. The molecular formula is C42H80O2. The Morgan fingerprint density at radius 2 is 0.682 bits per heavy atom. The van der Waals surface area contributed by atoms with Gasteiger partial charge in [-0.25, -0.2) is 0 Å². The molecule has 1 saturated heterocycles. The largest absolute Gasteiger partial charge is 0.430 e. The predicted octanol–water partition coefficient (Wildman–Crippen LogP) is 15.1. The molecule has 1 fully saturated rings. The highest BCUT2D eigenvalue weighted by Crippen LogP contribution is 2.32. The van der Waals surface area contributed by atoms with Gasteiger partial charge >= 0.3 is 5.97 Å². The lowest BCUT2D eigenvalue weighted by atomic mass is 9.93. The summed E-state index contributed by atoms with van der Waals surface area (Å²) in [5.74, 6) is 1.09. The highest BCUT2D eigenvalue weighted by molar-refractivity contribution is 5.82. The molecule has 260 valence electrons. The molecular weight excluding hydrogens is 536 g/mol. The number of hydrogen-bond donors (Lipinski definition) is 0. The van der Waals surface area contributed by atoms with Crippen molar-refractivity contribution in [1.82, 2.24) is 0 Å². The Morgan fingerprint density at radius 1 is 0.409 bits per heavy atom. The normalized spacial score (nSPS) is 15.6. The fourth-order valence-corrected chi connectivity index (χ4v) is 6.95. The van der Waals surface area contributed by atoms with Gasteiger partial charge in [0.1, 0.15) is 11.7 Å². The molecule has 0 aromatic carbocycles. The van der Waals surface area contributed by atoms with Crippen molar-refractivity contribution >= 4 is 5.97 Å². The summed E-state index contributed by atoms with van der Waals surface area (Å²) in [7, 11) is 0. The molecule has 1 unspecified atom stereocenters. The number of cyclic esters (lactones) is 1. The molecule has 1 heterocycles. The van der Waals surface area contributed by atoms with E-state index < -0.39 is 0 Å². The van der Waals surface area contributed by atoms with Crippen LogP contribution in [-0.4, -0.2) is 5.97 Å². The number of allylic oxidation sites excluding steroid dienone is 1. The zero-order valence-electron chi connectivity index (χ0n) is 30.4. The lowest BCUT2D eigenvalue weighted by molar-refractivity contribution is -0.157. The quantitative estimate of drug-likeness (QED) is 0.0517. The fraction of sp³-hybridized carbons (Fsp3) is 0.929. The summed E-state index contributed by atoms with van der Waals surface area (Å²) < 4.78 is 5.39. The van der Waals surface area contributed by atoms with Gasteiger partial charge < -0.3 is 4.74 Å². The average molecular weight is 617 g/mol. The number of hydrogen-bond acceptors (Lipinski definition) is 2. The predicted molar refractivity (Wildman–Crippen MR) is 195 cm³/mol. The summed E-state index contributed by atoms with van der Waals surface area (Å²) in [6.07, 6.45) is 52.1. The summed E-state index contributed by atoms with van der Waals surface area (Å²) in [6.45, 7) is 4.59. The van der Waals surface area contributed by atoms with Gasteiger partial charge in [0.05, 0.1) is 0 Å². The van der Waals surface area contributed by atoms with E-state index >= 15 is 0 Å². The van der Waals surface area contributed by atoms with Crippen LogP contribution in [0.15, 0.2) is 11.8 Å². The zero-order chi connectivity index (χ0) is 31.6. The van der Waals surface area contributed by atoms with E-state index in [1.54, 1.807) is 0 Å². The fourth-order valence-electron chi connectivity index (χ4n) is 6.95. The van der Waals surface area contributed by atoms with Crippen LogP contribution >= 0.6 is 0 Å². The zero-order valence-corrected chi connectivity index (χ0v) is 30.4. The van der Waals surface area contributed by atoms with Gasteiger partial charge in [0.2, 0.25) is 0 Å². The minimum Gasteiger partial charge on any atom is -0.430 e. The number of esters is 1. The van der Waals surface area contributed by atoms with Crippen LogP contribution in [0.4, 0.5) is 0 Å². The van der Waals surface area contributed by atoms with Crippen LogP contribution in [0, 0.1) is 5.92 Å². The van der Waals surface area contributed by atoms with Gasteiger partial charge in [-0.3, -0.25) is 4.79 Å². The molecule has 2 nitrogen and oxygen atoms in total. The first kappa shape index (κ1) is 41.2. The van der Waals surface area contributed by atoms with Crippen molar-refractivity contribution < 1.29 is 9.53 Å². The third-order valence-corrected chi connectivity index (χ3v) is 10.1. The lowest BCUT2D eigenvalue weighted by Gasteiger charge is -2.28. The van der Waals surface area contributed by atoms with E-state index in [0.29, 0.717) is 0 Å². The first-order chi connectivity index (χ1) is 21.8. The molecule has 0 radical (unpaired) electrons. The Bertz CT molecular complexity index is 623. The second kappa shape index (κ2) is 33.6. The van der Waals surface area contributed by atoms with Gasteiger partial charge in [0.15, 0.2) is 0 Å². The van der Waals surface area contributed by atoms with Crippen molar-refractivity contribution in [2.24, 2.45) is 5.92 Å². The molecule has 1 aliphatic rings. The monoisotopic (exact) mass is 617 g/mol. The van der Waals surface area contributed by atoms with Crippen molar-refractivity contribution in [2.75, 3.05) is 0 Å². The molecule has 44 heavy (non-hydrogen) atoms. The lowest BCUT2D eigenvalue weighted by Crippen LogP contribution is -2.32. The SMILES string of the molecule is CCCCCCCCCCCCCCCCCCCCCCC=C1OC(=O)C1CCCCCCCCCCCCCCCC. The third-order valence-electron chi connectivity index (χ3n) is 10.1. The summed E-state index contributed by atoms with van der Waals surface area (Å²) in [4.78, 5) is 12.0. The highest BCUT2D eigenvalue weighted by atomic mass is 16.6. The Balaban J connectivity index is 1.80. The number of rotatable bonds is 36. The number of carbonyl (C=O) groups is 1. The van der Waals surface area contributed by atoms with Crippen molar-refractivity contribution in [2.45, 2.75) is 245 Å².